The number of likely N-dealkylation sites (N-methyl/N-ethyl adjacent to an activating group) is 1. The van der Waals surface area contributed by atoms with E-state index in [-0.39, 0.29) is 0 Å². The summed E-state index contributed by atoms with van der Waals surface area (Å²) in [5, 5.41) is 0. The van der Waals surface area contributed by atoms with Gasteiger partial charge in [-0.2, -0.15) is 0 Å². The van der Waals surface area contributed by atoms with Gasteiger partial charge in [0.2, 0.25) is 0 Å². The highest BCUT2D eigenvalue weighted by atomic mass is 15.3. The highest BCUT2D eigenvalue weighted by molar-refractivity contribution is 5.54. The van der Waals surface area contributed by atoms with E-state index in [0.29, 0.717) is 12.6 Å². The van der Waals surface area contributed by atoms with E-state index in [1.807, 2.05) is 0 Å². The van der Waals surface area contributed by atoms with Crippen molar-refractivity contribution in [3.63, 3.8) is 0 Å². The van der Waals surface area contributed by atoms with Crippen LogP contribution in [0.4, 0.5) is 5.69 Å². The largest absolute Gasteiger partial charge is 0.370 e. The standard InChI is InChI=1S/C15H25N3/c1-3-17(4-2)14-9-10-18(12-14)15-8-6-5-7-13(15)11-16/h5-8,14H,3-4,9-12,16H2,1-2H3. The Bertz CT molecular complexity index is 374. The van der Waals surface area contributed by atoms with Gasteiger partial charge in [-0.3, -0.25) is 4.90 Å². The van der Waals surface area contributed by atoms with Gasteiger partial charge in [0.15, 0.2) is 0 Å². The molecule has 100 valence electrons. The van der Waals surface area contributed by atoms with E-state index in [2.05, 4.69) is 47.9 Å². The smallest absolute Gasteiger partial charge is 0.0412 e. The average Bonchev–Trinajstić information content (AvgIpc) is 2.89. The van der Waals surface area contributed by atoms with Gasteiger partial charge in [0.25, 0.3) is 0 Å². The molecule has 0 spiro atoms. The van der Waals surface area contributed by atoms with Gasteiger partial charge in [-0.1, -0.05) is 32.0 Å². The molecule has 0 aliphatic carbocycles. The van der Waals surface area contributed by atoms with E-state index in [0.717, 1.165) is 26.2 Å². The molecule has 1 saturated heterocycles. The molecule has 0 saturated carbocycles. The SMILES string of the molecule is CCN(CC)C1CCN(c2ccccc2CN)C1. The van der Waals surface area contributed by atoms with Gasteiger partial charge in [-0.25, -0.2) is 0 Å². The predicted molar refractivity (Wildman–Crippen MR) is 77.9 cm³/mol. The molecule has 0 amide bonds. The van der Waals surface area contributed by atoms with Crippen LogP contribution in [0.15, 0.2) is 24.3 Å². The van der Waals surface area contributed by atoms with Crippen molar-refractivity contribution >= 4 is 5.69 Å². The molecule has 1 aromatic carbocycles. The van der Waals surface area contributed by atoms with Crippen LogP contribution in [0.2, 0.25) is 0 Å². The first-order valence-electron chi connectivity index (χ1n) is 7.07. The molecule has 0 bridgehead atoms. The molecule has 1 unspecified atom stereocenters. The van der Waals surface area contributed by atoms with Crippen molar-refractivity contribution in [2.75, 3.05) is 31.1 Å². The van der Waals surface area contributed by atoms with E-state index in [9.17, 15) is 0 Å². The minimum absolute atomic E-state index is 0.628. The zero-order valence-corrected chi connectivity index (χ0v) is 11.6. The molecule has 0 aromatic heterocycles. The lowest BCUT2D eigenvalue weighted by Gasteiger charge is -2.27. The van der Waals surface area contributed by atoms with E-state index < -0.39 is 0 Å². The Morgan fingerprint density at radius 1 is 1.28 bits per heavy atom. The molecular weight excluding hydrogens is 222 g/mol. The highest BCUT2D eigenvalue weighted by Crippen LogP contribution is 2.26. The molecule has 2 rings (SSSR count). The Labute approximate surface area is 111 Å². The van der Waals surface area contributed by atoms with Crippen molar-refractivity contribution in [1.82, 2.24) is 4.90 Å². The van der Waals surface area contributed by atoms with Crippen LogP contribution in [0, 0.1) is 0 Å². The molecule has 1 aromatic rings. The Morgan fingerprint density at radius 2 is 2.00 bits per heavy atom. The zero-order chi connectivity index (χ0) is 13.0. The third kappa shape index (κ3) is 2.68. The highest BCUT2D eigenvalue weighted by Gasteiger charge is 2.26. The van der Waals surface area contributed by atoms with Crippen LogP contribution in [-0.4, -0.2) is 37.1 Å². The van der Waals surface area contributed by atoms with Crippen molar-refractivity contribution < 1.29 is 0 Å². The second kappa shape index (κ2) is 6.21. The Morgan fingerprint density at radius 3 is 2.67 bits per heavy atom. The summed E-state index contributed by atoms with van der Waals surface area (Å²) in [5.41, 5.74) is 8.42. The lowest BCUT2D eigenvalue weighted by atomic mass is 10.1. The molecular formula is C15H25N3. The van der Waals surface area contributed by atoms with E-state index in [1.54, 1.807) is 0 Å². The van der Waals surface area contributed by atoms with Gasteiger partial charge in [0, 0.05) is 31.4 Å². The Balaban J connectivity index is 2.08. The number of rotatable bonds is 5. The van der Waals surface area contributed by atoms with Crippen LogP contribution in [0.25, 0.3) is 0 Å². The minimum atomic E-state index is 0.628. The van der Waals surface area contributed by atoms with Crippen molar-refractivity contribution in [1.29, 1.82) is 0 Å². The fourth-order valence-corrected chi connectivity index (χ4v) is 2.99. The molecule has 1 atom stereocenters. The maximum Gasteiger partial charge on any atom is 0.0412 e. The lowest BCUT2D eigenvalue weighted by Crippen LogP contribution is -2.37. The van der Waals surface area contributed by atoms with Gasteiger partial charge in [-0.15, -0.1) is 0 Å². The van der Waals surface area contributed by atoms with Gasteiger partial charge in [0.1, 0.15) is 0 Å². The van der Waals surface area contributed by atoms with E-state index >= 15 is 0 Å². The normalized spacial score (nSPS) is 19.8. The van der Waals surface area contributed by atoms with Crippen molar-refractivity contribution in [3.05, 3.63) is 29.8 Å². The monoisotopic (exact) mass is 247 g/mol. The summed E-state index contributed by atoms with van der Waals surface area (Å²) < 4.78 is 0. The van der Waals surface area contributed by atoms with Crippen molar-refractivity contribution in [2.45, 2.75) is 32.9 Å². The summed E-state index contributed by atoms with van der Waals surface area (Å²) in [6.07, 6.45) is 1.26. The predicted octanol–water partition coefficient (Wildman–Crippen LogP) is 2.07. The molecule has 1 heterocycles. The number of anilines is 1. The lowest BCUT2D eigenvalue weighted by molar-refractivity contribution is 0.232. The van der Waals surface area contributed by atoms with E-state index in [4.69, 9.17) is 5.73 Å². The first-order valence-corrected chi connectivity index (χ1v) is 7.07. The first kappa shape index (κ1) is 13.4. The summed E-state index contributed by atoms with van der Waals surface area (Å²) in [4.78, 5) is 5.05. The number of para-hydroxylation sites is 1. The molecule has 2 N–H and O–H groups in total. The van der Waals surface area contributed by atoms with Crippen LogP contribution in [-0.2, 0) is 6.54 Å². The molecule has 1 aliphatic rings. The minimum Gasteiger partial charge on any atom is -0.370 e. The fraction of sp³-hybridized carbons (Fsp3) is 0.600. The maximum absolute atomic E-state index is 5.83. The maximum atomic E-state index is 5.83. The van der Waals surface area contributed by atoms with Gasteiger partial charge in [-0.05, 0) is 31.1 Å². The third-order valence-corrected chi connectivity index (χ3v) is 4.04. The molecule has 1 aliphatic heterocycles. The van der Waals surface area contributed by atoms with Crippen molar-refractivity contribution in [2.24, 2.45) is 5.73 Å². The number of nitrogens with zero attached hydrogens (tertiary/aromatic N) is 2. The summed E-state index contributed by atoms with van der Waals surface area (Å²) >= 11 is 0. The molecule has 1 fully saturated rings. The first-order chi connectivity index (χ1) is 8.80. The van der Waals surface area contributed by atoms with Gasteiger partial charge in [0.05, 0.1) is 0 Å². The van der Waals surface area contributed by atoms with Crippen molar-refractivity contribution in [3.8, 4) is 0 Å². The molecule has 0 radical (unpaired) electrons. The summed E-state index contributed by atoms with van der Waals surface area (Å²) in [6, 6.07) is 9.22. The molecule has 3 heteroatoms. The number of benzene rings is 1. The van der Waals surface area contributed by atoms with Gasteiger partial charge < -0.3 is 10.6 Å². The summed E-state index contributed by atoms with van der Waals surface area (Å²) in [7, 11) is 0. The quantitative estimate of drug-likeness (QED) is 0.864. The second-order valence-electron chi connectivity index (χ2n) is 4.94. The fourth-order valence-electron chi connectivity index (χ4n) is 2.99. The second-order valence-corrected chi connectivity index (χ2v) is 4.94. The summed E-state index contributed by atoms with van der Waals surface area (Å²) in [6.45, 7) is 9.71. The molecule has 18 heavy (non-hydrogen) atoms. The third-order valence-electron chi connectivity index (χ3n) is 4.04. The number of hydrogen-bond acceptors (Lipinski definition) is 3. The van der Waals surface area contributed by atoms with Gasteiger partial charge >= 0.3 is 0 Å². The zero-order valence-electron chi connectivity index (χ0n) is 11.6. The van der Waals surface area contributed by atoms with Crippen LogP contribution in [0.1, 0.15) is 25.8 Å². The van der Waals surface area contributed by atoms with Crippen LogP contribution in [0.5, 0.6) is 0 Å². The number of nitrogens with two attached hydrogens (primary N) is 1. The summed E-state index contributed by atoms with van der Waals surface area (Å²) in [5.74, 6) is 0. The topological polar surface area (TPSA) is 32.5 Å². The number of hydrogen-bond donors (Lipinski definition) is 1. The van der Waals surface area contributed by atoms with Crippen LogP contribution in [0.3, 0.4) is 0 Å². The Kier molecular flexibility index (Phi) is 4.61. The average molecular weight is 247 g/mol. The van der Waals surface area contributed by atoms with E-state index in [1.165, 1.54) is 17.7 Å². The Hall–Kier alpha value is -1.06. The van der Waals surface area contributed by atoms with Crippen LogP contribution >= 0.6 is 0 Å². The van der Waals surface area contributed by atoms with Crippen LogP contribution < -0.4 is 10.6 Å². The molecule has 3 nitrogen and oxygen atoms in total.